The normalized spacial score (nSPS) is 28.6. The molecule has 1 aliphatic carbocycles. The summed E-state index contributed by atoms with van der Waals surface area (Å²) < 4.78 is 0. The lowest BCUT2D eigenvalue weighted by Crippen LogP contribution is -2.50. The predicted molar refractivity (Wildman–Crippen MR) is 58.5 cm³/mol. The van der Waals surface area contributed by atoms with Gasteiger partial charge in [-0.25, -0.2) is 4.98 Å². The number of carbonyl (C=O) groups is 1. The van der Waals surface area contributed by atoms with Gasteiger partial charge in [0.05, 0.1) is 11.5 Å². The summed E-state index contributed by atoms with van der Waals surface area (Å²) in [5.41, 5.74) is 0.323. The molecule has 0 aromatic carbocycles. The molecular formula is C11H12ClNO3. The quantitative estimate of drug-likeness (QED) is 0.771. The highest BCUT2D eigenvalue weighted by molar-refractivity contribution is 6.29. The van der Waals surface area contributed by atoms with Gasteiger partial charge < -0.3 is 10.2 Å². The van der Waals surface area contributed by atoms with Crippen molar-refractivity contribution in [2.75, 3.05) is 0 Å². The number of aliphatic hydroxyl groups excluding tert-OH is 1. The molecule has 1 saturated carbocycles. The molecule has 86 valence electrons. The van der Waals surface area contributed by atoms with E-state index in [-0.39, 0.29) is 18.0 Å². The first-order valence-corrected chi connectivity index (χ1v) is 5.38. The zero-order chi connectivity index (χ0) is 11.9. The van der Waals surface area contributed by atoms with E-state index in [0.29, 0.717) is 11.3 Å². The molecule has 0 saturated heterocycles. The number of carboxylic acid groups (broad SMARTS) is 1. The lowest BCUT2D eigenvalue weighted by molar-refractivity contribution is -0.152. The van der Waals surface area contributed by atoms with E-state index >= 15 is 0 Å². The minimum absolute atomic E-state index is 0.238. The van der Waals surface area contributed by atoms with Crippen LogP contribution in [0.25, 0.3) is 0 Å². The summed E-state index contributed by atoms with van der Waals surface area (Å²) in [5.74, 6) is -0.917. The molecule has 5 heteroatoms. The lowest BCUT2D eigenvalue weighted by atomic mass is 9.63. The number of aliphatic hydroxyl groups is 1. The molecule has 1 fully saturated rings. The van der Waals surface area contributed by atoms with Crippen LogP contribution in [0.3, 0.4) is 0 Å². The fourth-order valence-electron chi connectivity index (χ4n) is 2.18. The van der Waals surface area contributed by atoms with Crippen molar-refractivity contribution < 1.29 is 15.0 Å². The maximum Gasteiger partial charge on any atom is 0.314 e. The van der Waals surface area contributed by atoms with E-state index in [1.54, 1.807) is 19.1 Å². The topological polar surface area (TPSA) is 70.4 Å². The summed E-state index contributed by atoms with van der Waals surface area (Å²) in [6.45, 7) is 1.76. The first-order valence-electron chi connectivity index (χ1n) is 5.00. The number of aliphatic carboxylic acids is 1. The molecule has 1 aromatic rings. The molecule has 0 atom stereocenters. The van der Waals surface area contributed by atoms with E-state index < -0.39 is 17.5 Å². The first kappa shape index (κ1) is 11.4. The van der Waals surface area contributed by atoms with Gasteiger partial charge >= 0.3 is 5.97 Å². The van der Waals surface area contributed by atoms with E-state index in [4.69, 9.17) is 11.6 Å². The summed E-state index contributed by atoms with van der Waals surface area (Å²) in [7, 11) is 0. The third-order valence-electron chi connectivity index (χ3n) is 3.05. The van der Waals surface area contributed by atoms with Crippen molar-refractivity contribution in [1.29, 1.82) is 0 Å². The SMILES string of the molecule is Cc1cc(C2(C(=O)O)CC(O)C2)cc(Cl)n1. The molecule has 0 amide bonds. The summed E-state index contributed by atoms with van der Waals surface area (Å²) >= 11 is 5.81. The maximum absolute atomic E-state index is 11.3. The van der Waals surface area contributed by atoms with Gasteiger partial charge in [0.1, 0.15) is 5.15 Å². The van der Waals surface area contributed by atoms with Gasteiger partial charge in [0.25, 0.3) is 0 Å². The second-order valence-corrected chi connectivity index (χ2v) is 4.66. The zero-order valence-electron chi connectivity index (χ0n) is 8.77. The second-order valence-electron chi connectivity index (χ2n) is 4.27. The van der Waals surface area contributed by atoms with Crippen LogP contribution in [0, 0.1) is 6.92 Å². The van der Waals surface area contributed by atoms with Crippen LogP contribution in [0.2, 0.25) is 5.15 Å². The van der Waals surface area contributed by atoms with Crippen molar-refractivity contribution in [2.24, 2.45) is 0 Å². The Labute approximate surface area is 97.9 Å². The Hall–Kier alpha value is -1.13. The van der Waals surface area contributed by atoms with Crippen LogP contribution in [0.1, 0.15) is 24.1 Å². The molecule has 1 aliphatic rings. The summed E-state index contributed by atoms with van der Waals surface area (Å²) in [6.07, 6.45) is -0.0621. The number of carboxylic acids is 1. The average molecular weight is 242 g/mol. The van der Waals surface area contributed by atoms with Gasteiger partial charge in [0, 0.05) is 5.69 Å². The number of hydrogen-bond donors (Lipinski definition) is 2. The number of aryl methyl sites for hydroxylation is 1. The second kappa shape index (κ2) is 3.71. The molecule has 2 N–H and O–H groups in total. The predicted octanol–water partition coefficient (Wildman–Crippen LogP) is 1.52. The van der Waals surface area contributed by atoms with Gasteiger partial charge in [-0.05, 0) is 37.5 Å². The molecule has 0 bridgehead atoms. The Morgan fingerprint density at radius 2 is 2.19 bits per heavy atom. The highest BCUT2D eigenvalue weighted by atomic mass is 35.5. The highest BCUT2D eigenvalue weighted by Gasteiger charge is 2.51. The van der Waals surface area contributed by atoms with Crippen LogP contribution in [0.4, 0.5) is 0 Å². The Bertz CT molecular complexity index is 421. The number of hydrogen-bond acceptors (Lipinski definition) is 3. The molecule has 4 nitrogen and oxygen atoms in total. The van der Waals surface area contributed by atoms with Crippen LogP contribution in [0.15, 0.2) is 12.1 Å². The van der Waals surface area contributed by atoms with Crippen molar-refractivity contribution in [3.63, 3.8) is 0 Å². The Balaban J connectivity index is 2.45. The Morgan fingerprint density at radius 1 is 1.56 bits per heavy atom. The fourth-order valence-corrected chi connectivity index (χ4v) is 2.43. The largest absolute Gasteiger partial charge is 0.481 e. The van der Waals surface area contributed by atoms with E-state index in [0.717, 1.165) is 0 Å². The van der Waals surface area contributed by atoms with Crippen molar-refractivity contribution in [1.82, 2.24) is 4.98 Å². The van der Waals surface area contributed by atoms with Gasteiger partial charge in [0.2, 0.25) is 0 Å². The van der Waals surface area contributed by atoms with Crippen molar-refractivity contribution in [2.45, 2.75) is 31.3 Å². The van der Waals surface area contributed by atoms with Gasteiger partial charge in [-0.2, -0.15) is 0 Å². The summed E-state index contributed by atoms with van der Waals surface area (Å²) in [5, 5.41) is 18.9. The molecular weight excluding hydrogens is 230 g/mol. The summed E-state index contributed by atoms with van der Waals surface area (Å²) in [4.78, 5) is 15.3. The molecule has 1 aromatic heterocycles. The minimum atomic E-state index is -0.989. The van der Waals surface area contributed by atoms with E-state index in [1.165, 1.54) is 0 Å². The van der Waals surface area contributed by atoms with Gasteiger partial charge in [-0.3, -0.25) is 4.79 Å². The van der Waals surface area contributed by atoms with E-state index in [2.05, 4.69) is 4.98 Å². The van der Waals surface area contributed by atoms with Crippen LogP contribution in [0.5, 0.6) is 0 Å². The molecule has 0 aliphatic heterocycles. The zero-order valence-corrected chi connectivity index (χ0v) is 9.53. The molecule has 0 spiro atoms. The molecule has 1 heterocycles. The smallest absolute Gasteiger partial charge is 0.314 e. The third-order valence-corrected chi connectivity index (χ3v) is 3.25. The van der Waals surface area contributed by atoms with Crippen LogP contribution in [-0.2, 0) is 10.2 Å². The number of pyridine rings is 1. The molecule has 0 unspecified atom stereocenters. The molecule has 16 heavy (non-hydrogen) atoms. The maximum atomic E-state index is 11.3. The first-order chi connectivity index (χ1) is 7.44. The number of nitrogens with zero attached hydrogens (tertiary/aromatic N) is 1. The van der Waals surface area contributed by atoms with Crippen LogP contribution in [-0.4, -0.2) is 27.3 Å². The lowest BCUT2D eigenvalue weighted by Gasteiger charge is -2.42. The molecule has 2 rings (SSSR count). The van der Waals surface area contributed by atoms with Crippen molar-refractivity contribution in [3.8, 4) is 0 Å². The fraction of sp³-hybridized carbons (Fsp3) is 0.455. The van der Waals surface area contributed by atoms with E-state index in [9.17, 15) is 15.0 Å². The standard InChI is InChI=1S/C11H12ClNO3/c1-6-2-7(3-9(12)13-6)11(10(15)16)4-8(14)5-11/h2-3,8,14H,4-5H2,1H3,(H,15,16). The van der Waals surface area contributed by atoms with Gasteiger partial charge in [0.15, 0.2) is 0 Å². The average Bonchev–Trinajstić information content (AvgIpc) is 2.10. The van der Waals surface area contributed by atoms with Gasteiger partial charge in [-0.1, -0.05) is 11.6 Å². The van der Waals surface area contributed by atoms with Crippen molar-refractivity contribution >= 4 is 17.6 Å². The van der Waals surface area contributed by atoms with E-state index in [1.807, 2.05) is 0 Å². The minimum Gasteiger partial charge on any atom is -0.481 e. The summed E-state index contributed by atoms with van der Waals surface area (Å²) in [6, 6.07) is 3.28. The number of halogens is 1. The monoisotopic (exact) mass is 241 g/mol. The number of rotatable bonds is 2. The Morgan fingerprint density at radius 3 is 2.62 bits per heavy atom. The van der Waals surface area contributed by atoms with Crippen LogP contribution >= 0.6 is 11.6 Å². The Kier molecular flexibility index (Phi) is 2.64. The third kappa shape index (κ3) is 1.68. The number of aromatic nitrogens is 1. The van der Waals surface area contributed by atoms with Gasteiger partial charge in [-0.15, -0.1) is 0 Å². The molecule has 0 radical (unpaired) electrons. The van der Waals surface area contributed by atoms with Crippen LogP contribution < -0.4 is 0 Å². The van der Waals surface area contributed by atoms with Crippen molar-refractivity contribution in [3.05, 3.63) is 28.5 Å². The highest BCUT2D eigenvalue weighted by Crippen LogP contribution is 2.44.